The van der Waals surface area contributed by atoms with Gasteiger partial charge in [0, 0.05) is 12.0 Å². The van der Waals surface area contributed by atoms with Crippen LogP contribution in [0, 0.1) is 0 Å². The Kier molecular flexibility index (Phi) is 8.07. The molecular formula is C26H38O5S. The minimum atomic E-state index is -3.47. The highest BCUT2D eigenvalue weighted by molar-refractivity contribution is 8.20. The highest BCUT2D eigenvalue weighted by Gasteiger charge is 2.39. The van der Waals surface area contributed by atoms with E-state index in [2.05, 4.69) is 53.7 Å². The number of benzene rings is 2. The van der Waals surface area contributed by atoms with Gasteiger partial charge in [-0.15, -0.1) is 0 Å². The molecule has 0 saturated carbocycles. The predicted molar refractivity (Wildman–Crippen MR) is 130 cm³/mol. The molecule has 5 nitrogen and oxygen atoms in total. The standard InChI is InChI=1S/C26H38O5S/c1-18(2)21-16-23(19(3)4)25(24(17-21)20(5)6)32(27,28)31-13-12-26(29-14-15-30-26)22-10-8-7-9-11-22/h7-11,16-20,27-28H,12-15H2,1-6H3. The summed E-state index contributed by atoms with van der Waals surface area (Å²) >= 11 is 0. The summed E-state index contributed by atoms with van der Waals surface area (Å²) in [5, 5.41) is 0. The molecule has 2 N–H and O–H groups in total. The summed E-state index contributed by atoms with van der Waals surface area (Å²) in [6.07, 6.45) is 0.366. The Bertz CT molecular complexity index is 857. The average molecular weight is 463 g/mol. The molecule has 32 heavy (non-hydrogen) atoms. The van der Waals surface area contributed by atoms with Gasteiger partial charge >= 0.3 is 0 Å². The Hall–Kier alpha value is -1.41. The zero-order valence-electron chi connectivity index (χ0n) is 20.1. The minimum Gasteiger partial charge on any atom is -0.343 e. The molecule has 0 unspecified atom stereocenters. The Morgan fingerprint density at radius 2 is 1.41 bits per heavy atom. The molecule has 3 rings (SSSR count). The molecule has 1 aliphatic rings. The van der Waals surface area contributed by atoms with Gasteiger partial charge < -0.3 is 18.6 Å². The third kappa shape index (κ3) is 5.38. The summed E-state index contributed by atoms with van der Waals surface area (Å²) in [7, 11) is -3.47. The Balaban J connectivity index is 1.89. The van der Waals surface area contributed by atoms with Crippen LogP contribution in [0.4, 0.5) is 0 Å². The second kappa shape index (κ2) is 10.2. The van der Waals surface area contributed by atoms with Crippen molar-refractivity contribution in [2.75, 3.05) is 19.8 Å². The molecule has 0 aliphatic carbocycles. The molecule has 0 amide bonds. The van der Waals surface area contributed by atoms with Gasteiger partial charge in [-0.25, -0.2) is 0 Å². The summed E-state index contributed by atoms with van der Waals surface area (Å²) in [4.78, 5) is 0.536. The predicted octanol–water partition coefficient (Wildman–Crippen LogP) is 7.39. The first-order chi connectivity index (χ1) is 15.1. The first-order valence-electron chi connectivity index (χ1n) is 11.5. The minimum absolute atomic E-state index is 0.0955. The fourth-order valence-corrected chi connectivity index (χ4v) is 5.79. The molecule has 0 spiro atoms. The van der Waals surface area contributed by atoms with E-state index < -0.39 is 16.7 Å². The topological polar surface area (TPSA) is 68.2 Å². The van der Waals surface area contributed by atoms with Crippen LogP contribution in [0.5, 0.6) is 0 Å². The van der Waals surface area contributed by atoms with Gasteiger partial charge in [-0.05, 0) is 34.4 Å². The van der Waals surface area contributed by atoms with E-state index in [4.69, 9.17) is 13.7 Å². The molecule has 2 aromatic rings. The Labute approximate surface area is 194 Å². The van der Waals surface area contributed by atoms with Gasteiger partial charge in [0.05, 0.1) is 24.7 Å². The smallest absolute Gasteiger partial charge is 0.197 e. The SMILES string of the molecule is CC(C)c1cc(C(C)C)c(S(O)(O)OCCC2(c3ccccc3)OCCO2)c(C(C)C)c1. The van der Waals surface area contributed by atoms with Crippen molar-refractivity contribution in [3.63, 3.8) is 0 Å². The molecule has 1 aliphatic heterocycles. The normalized spacial score (nSPS) is 17.0. The van der Waals surface area contributed by atoms with Crippen LogP contribution in [0.1, 0.15) is 88.0 Å². The number of ether oxygens (including phenoxy) is 2. The van der Waals surface area contributed by atoms with Crippen molar-refractivity contribution in [3.8, 4) is 0 Å². The van der Waals surface area contributed by atoms with Crippen LogP contribution in [0.15, 0.2) is 47.4 Å². The van der Waals surface area contributed by atoms with Crippen molar-refractivity contribution in [2.45, 2.75) is 76.4 Å². The van der Waals surface area contributed by atoms with E-state index in [0.29, 0.717) is 30.4 Å². The third-order valence-electron chi connectivity index (χ3n) is 5.99. The van der Waals surface area contributed by atoms with Crippen molar-refractivity contribution in [2.24, 2.45) is 0 Å². The number of rotatable bonds is 9. The number of hydrogen-bond acceptors (Lipinski definition) is 5. The molecule has 0 radical (unpaired) electrons. The lowest BCUT2D eigenvalue weighted by Crippen LogP contribution is -2.29. The van der Waals surface area contributed by atoms with Crippen molar-refractivity contribution >= 4 is 10.9 Å². The van der Waals surface area contributed by atoms with Crippen LogP contribution >= 0.6 is 10.9 Å². The first kappa shape index (κ1) is 25.2. The van der Waals surface area contributed by atoms with Crippen LogP contribution in [0.25, 0.3) is 0 Å². The fourth-order valence-electron chi connectivity index (χ4n) is 4.15. The summed E-state index contributed by atoms with van der Waals surface area (Å²) in [6.45, 7) is 13.7. The van der Waals surface area contributed by atoms with Crippen LogP contribution in [0.3, 0.4) is 0 Å². The maximum Gasteiger partial charge on any atom is 0.197 e. The van der Waals surface area contributed by atoms with Crippen LogP contribution in [-0.4, -0.2) is 28.9 Å². The van der Waals surface area contributed by atoms with E-state index in [0.717, 1.165) is 16.7 Å². The van der Waals surface area contributed by atoms with Gasteiger partial charge in [0.1, 0.15) is 10.9 Å². The molecule has 0 atom stereocenters. The van der Waals surface area contributed by atoms with E-state index in [1.807, 2.05) is 30.3 Å². The van der Waals surface area contributed by atoms with Crippen LogP contribution < -0.4 is 0 Å². The molecule has 0 aromatic heterocycles. The Morgan fingerprint density at radius 3 is 1.88 bits per heavy atom. The van der Waals surface area contributed by atoms with Crippen molar-refractivity contribution in [1.29, 1.82) is 0 Å². The van der Waals surface area contributed by atoms with E-state index >= 15 is 0 Å². The zero-order chi connectivity index (χ0) is 23.5. The summed E-state index contributed by atoms with van der Waals surface area (Å²) < 4.78 is 40.2. The van der Waals surface area contributed by atoms with Crippen LogP contribution in [-0.2, 0) is 19.4 Å². The maximum absolute atomic E-state index is 11.2. The molecule has 178 valence electrons. The van der Waals surface area contributed by atoms with Gasteiger partial charge in [-0.3, -0.25) is 4.18 Å². The van der Waals surface area contributed by atoms with E-state index in [1.165, 1.54) is 5.56 Å². The van der Waals surface area contributed by atoms with E-state index in [1.54, 1.807) is 0 Å². The molecule has 1 heterocycles. The second-order valence-corrected chi connectivity index (χ2v) is 11.0. The van der Waals surface area contributed by atoms with Crippen molar-refractivity contribution in [1.82, 2.24) is 0 Å². The average Bonchev–Trinajstić information content (AvgIpc) is 3.23. The van der Waals surface area contributed by atoms with Gasteiger partial charge in [0.15, 0.2) is 5.79 Å². The molecule has 0 bridgehead atoms. The van der Waals surface area contributed by atoms with Crippen LogP contribution in [0.2, 0.25) is 0 Å². The highest BCUT2D eigenvalue weighted by Crippen LogP contribution is 2.56. The van der Waals surface area contributed by atoms with Crippen molar-refractivity contribution < 1.29 is 22.8 Å². The monoisotopic (exact) mass is 462 g/mol. The lowest BCUT2D eigenvalue weighted by molar-refractivity contribution is -0.174. The molecule has 2 aromatic carbocycles. The summed E-state index contributed by atoms with van der Waals surface area (Å²) in [5.41, 5.74) is 3.98. The molecular weight excluding hydrogens is 424 g/mol. The Morgan fingerprint density at radius 1 is 0.875 bits per heavy atom. The van der Waals surface area contributed by atoms with E-state index in [9.17, 15) is 9.11 Å². The summed E-state index contributed by atoms with van der Waals surface area (Å²) in [5.74, 6) is -0.301. The quantitative estimate of drug-likeness (QED) is 0.407. The highest BCUT2D eigenvalue weighted by atomic mass is 32.3. The number of hydrogen-bond donors (Lipinski definition) is 2. The largest absolute Gasteiger partial charge is 0.343 e. The second-order valence-electron chi connectivity index (χ2n) is 9.38. The van der Waals surface area contributed by atoms with Gasteiger partial charge in [-0.1, -0.05) is 84.0 Å². The van der Waals surface area contributed by atoms with Gasteiger partial charge in [0.25, 0.3) is 0 Å². The zero-order valence-corrected chi connectivity index (χ0v) is 20.9. The van der Waals surface area contributed by atoms with Gasteiger partial charge in [0.2, 0.25) is 0 Å². The lowest BCUT2D eigenvalue weighted by atomic mass is 9.89. The third-order valence-corrected chi connectivity index (χ3v) is 7.49. The van der Waals surface area contributed by atoms with Crippen molar-refractivity contribution in [3.05, 3.63) is 64.7 Å². The summed E-state index contributed by atoms with van der Waals surface area (Å²) in [6, 6.07) is 13.9. The molecule has 1 saturated heterocycles. The molecule has 6 heteroatoms. The maximum atomic E-state index is 11.2. The first-order valence-corrected chi connectivity index (χ1v) is 13.0. The molecule has 1 fully saturated rings. The lowest BCUT2D eigenvalue weighted by Gasteiger charge is -2.35. The van der Waals surface area contributed by atoms with E-state index in [-0.39, 0.29) is 18.4 Å². The van der Waals surface area contributed by atoms with Gasteiger partial charge in [-0.2, -0.15) is 0 Å². The fraction of sp³-hybridized carbons (Fsp3) is 0.538.